The molecule has 3 rings (SSSR count). The van der Waals surface area contributed by atoms with E-state index in [-0.39, 0.29) is 18.0 Å². The summed E-state index contributed by atoms with van der Waals surface area (Å²) in [5.41, 5.74) is 14.7. The summed E-state index contributed by atoms with van der Waals surface area (Å²) in [4.78, 5) is 23.6. The van der Waals surface area contributed by atoms with Crippen molar-refractivity contribution in [1.29, 1.82) is 0 Å². The number of amides is 2. The van der Waals surface area contributed by atoms with Crippen molar-refractivity contribution in [3.05, 3.63) is 65.2 Å². The summed E-state index contributed by atoms with van der Waals surface area (Å²) in [5.74, 6) is -0.676. The van der Waals surface area contributed by atoms with Gasteiger partial charge in [-0.3, -0.25) is 9.59 Å². The maximum Gasteiger partial charge on any atom is 0.248 e. The maximum atomic E-state index is 12.4. The smallest absolute Gasteiger partial charge is 0.248 e. The molecule has 1 saturated heterocycles. The van der Waals surface area contributed by atoms with Gasteiger partial charge in [0.15, 0.2) is 0 Å². The van der Waals surface area contributed by atoms with Crippen LogP contribution in [-0.2, 0) is 4.79 Å². The summed E-state index contributed by atoms with van der Waals surface area (Å²) in [7, 11) is 0. The number of nitrogens with two attached hydrogens (primary N) is 1. The van der Waals surface area contributed by atoms with E-state index >= 15 is 0 Å². The van der Waals surface area contributed by atoms with Gasteiger partial charge in [-0.1, -0.05) is 35.9 Å². The number of benzene rings is 2. The Hall–Kier alpha value is -2.70. The Morgan fingerprint density at radius 1 is 1.12 bits per heavy atom. The van der Waals surface area contributed by atoms with Crippen LogP contribution in [0.2, 0.25) is 0 Å². The summed E-state index contributed by atoms with van der Waals surface area (Å²) < 4.78 is 0. The van der Waals surface area contributed by atoms with Crippen LogP contribution >= 0.6 is 0 Å². The molecule has 6 heteroatoms. The van der Waals surface area contributed by atoms with Crippen molar-refractivity contribution < 1.29 is 9.59 Å². The molecular weight excluding hydrogens is 304 g/mol. The first-order valence-corrected chi connectivity index (χ1v) is 7.81. The molecule has 1 fully saturated rings. The van der Waals surface area contributed by atoms with Gasteiger partial charge in [0, 0.05) is 17.3 Å². The molecule has 0 bridgehead atoms. The van der Waals surface area contributed by atoms with Crippen LogP contribution in [0.3, 0.4) is 0 Å². The second-order valence-corrected chi connectivity index (χ2v) is 5.97. The average molecular weight is 324 g/mol. The van der Waals surface area contributed by atoms with Crippen LogP contribution in [0.4, 0.5) is 5.69 Å². The molecule has 1 aliphatic heterocycles. The van der Waals surface area contributed by atoms with Gasteiger partial charge in [0.1, 0.15) is 6.04 Å². The van der Waals surface area contributed by atoms with Crippen molar-refractivity contribution in [2.24, 2.45) is 5.73 Å². The largest absolute Gasteiger partial charge is 0.366 e. The third kappa shape index (κ3) is 3.61. The van der Waals surface area contributed by atoms with Crippen molar-refractivity contribution >= 4 is 17.5 Å². The predicted octanol–water partition coefficient (Wildman–Crippen LogP) is 1.64. The van der Waals surface area contributed by atoms with E-state index in [9.17, 15) is 9.59 Å². The monoisotopic (exact) mass is 324 g/mol. The van der Waals surface area contributed by atoms with Gasteiger partial charge in [-0.15, -0.1) is 0 Å². The number of rotatable bonds is 4. The number of carbonyl (C=O) groups is 2. The topological polar surface area (TPSA) is 96.2 Å². The van der Waals surface area contributed by atoms with E-state index < -0.39 is 5.91 Å². The highest BCUT2D eigenvalue weighted by Gasteiger charge is 2.30. The Labute approximate surface area is 140 Å². The van der Waals surface area contributed by atoms with E-state index in [4.69, 9.17) is 5.73 Å². The molecule has 0 spiro atoms. The Bertz CT molecular complexity index is 758. The quantitative estimate of drug-likeness (QED) is 0.687. The highest BCUT2D eigenvalue weighted by molar-refractivity contribution is 5.98. The molecule has 6 nitrogen and oxygen atoms in total. The summed E-state index contributed by atoms with van der Waals surface area (Å²) in [6.07, 6.45) is 0.643. The van der Waals surface area contributed by atoms with Gasteiger partial charge in [-0.25, -0.2) is 10.9 Å². The lowest BCUT2D eigenvalue weighted by Crippen LogP contribution is -2.39. The van der Waals surface area contributed by atoms with Crippen molar-refractivity contribution in [3.8, 4) is 0 Å². The fourth-order valence-corrected chi connectivity index (χ4v) is 2.73. The third-order valence-corrected chi connectivity index (χ3v) is 4.11. The first kappa shape index (κ1) is 16.2. The third-order valence-electron chi connectivity index (χ3n) is 4.11. The minimum atomic E-state index is -0.522. The molecule has 24 heavy (non-hydrogen) atoms. The second-order valence-electron chi connectivity index (χ2n) is 5.97. The van der Waals surface area contributed by atoms with Crippen LogP contribution in [0.1, 0.15) is 33.9 Å². The number of nitrogens with one attached hydrogen (secondary N) is 3. The molecule has 2 aromatic carbocycles. The summed E-state index contributed by atoms with van der Waals surface area (Å²) in [6.45, 7) is 2.04. The van der Waals surface area contributed by atoms with Crippen molar-refractivity contribution in [2.45, 2.75) is 25.4 Å². The van der Waals surface area contributed by atoms with Gasteiger partial charge < -0.3 is 11.1 Å². The van der Waals surface area contributed by atoms with Gasteiger partial charge in [0.05, 0.1) is 0 Å². The number of hydrazine groups is 1. The summed E-state index contributed by atoms with van der Waals surface area (Å²) >= 11 is 0. The maximum absolute atomic E-state index is 12.4. The fourth-order valence-electron chi connectivity index (χ4n) is 2.73. The van der Waals surface area contributed by atoms with Gasteiger partial charge in [0.2, 0.25) is 11.8 Å². The van der Waals surface area contributed by atoms with Gasteiger partial charge >= 0.3 is 0 Å². The van der Waals surface area contributed by atoms with Crippen LogP contribution in [0.25, 0.3) is 0 Å². The van der Waals surface area contributed by atoms with Crippen LogP contribution in [0.15, 0.2) is 48.5 Å². The van der Waals surface area contributed by atoms with Crippen LogP contribution in [0, 0.1) is 6.92 Å². The molecule has 0 saturated carbocycles. The molecule has 0 aromatic heterocycles. The van der Waals surface area contributed by atoms with Gasteiger partial charge in [-0.2, -0.15) is 0 Å². The van der Waals surface area contributed by atoms with E-state index in [1.807, 2.05) is 6.92 Å². The zero-order valence-electron chi connectivity index (χ0n) is 13.4. The average Bonchev–Trinajstić information content (AvgIpc) is 3.06. The van der Waals surface area contributed by atoms with Crippen LogP contribution < -0.4 is 21.9 Å². The second kappa shape index (κ2) is 6.82. The molecule has 2 amide bonds. The highest BCUT2D eigenvalue weighted by atomic mass is 16.2. The van der Waals surface area contributed by atoms with E-state index in [1.165, 1.54) is 5.56 Å². The number of carbonyl (C=O) groups excluding carboxylic acids is 2. The highest BCUT2D eigenvalue weighted by Crippen LogP contribution is 2.23. The zero-order chi connectivity index (χ0) is 17.1. The van der Waals surface area contributed by atoms with E-state index in [0.717, 1.165) is 5.56 Å². The molecule has 0 aliphatic carbocycles. The number of anilines is 1. The van der Waals surface area contributed by atoms with E-state index in [2.05, 4.69) is 40.4 Å². The lowest BCUT2D eigenvalue weighted by molar-refractivity contribution is -0.117. The molecule has 2 atom stereocenters. The number of primary amides is 1. The Balaban J connectivity index is 1.63. The first-order chi connectivity index (χ1) is 11.5. The van der Waals surface area contributed by atoms with Crippen molar-refractivity contribution in [2.75, 3.05) is 5.32 Å². The standard InChI is InChI=1S/C18H20N4O2/c1-11-5-7-12(8-6-11)15-10-16(22-21-15)18(24)20-14-4-2-3-13(9-14)17(19)23/h2-9,15-16,21-22H,10H2,1H3,(H2,19,23)(H,20,24). The van der Waals surface area contributed by atoms with Gasteiger partial charge in [-0.05, 0) is 37.1 Å². The summed E-state index contributed by atoms with van der Waals surface area (Å²) in [6, 6.07) is 14.6. The minimum Gasteiger partial charge on any atom is -0.366 e. The number of hydrogen-bond acceptors (Lipinski definition) is 4. The van der Waals surface area contributed by atoms with Crippen LogP contribution in [-0.4, -0.2) is 17.9 Å². The van der Waals surface area contributed by atoms with Crippen molar-refractivity contribution in [1.82, 2.24) is 10.9 Å². The van der Waals surface area contributed by atoms with Crippen molar-refractivity contribution in [3.63, 3.8) is 0 Å². The molecule has 1 aliphatic rings. The Kier molecular flexibility index (Phi) is 4.59. The van der Waals surface area contributed by atoms with Gasteiger partial charge in [0.25, 0.3) is 0 Å². The molecule has 2 aromatic rings. The molecule has 1 heterocycles. The molecule has 0 radical (unpaired) electrons. The molecule has 5 N–H and O–H groups in total. The minimum absolute atomic E-state index is 0.0818. The Morgan fingerprint density at radius 2 is 1.88 bits per heavy atom. The molecule has 124 valence electrons. The lowest BCUT2D eigenvalue weighted by Gasteiger charge is -2.11. The number of aryl methyl sites for hydroxylation is 1. The molecule has 2 unspecified atom stereocenters. The zero-order valence-corrected chi connectivity index (χ0v) is 13.4. The Morgan fingerprint density at radius 3 is 2.58 bits per heavy atom. The number of hydrogen-bond donors (Lipinski definition) is 4. The van der Waals surface area contributed by atoms with E-state index in [1.54, 1.807) is 24.3 Å². The fraction of sp³-hybridized carbons (Fsp3) is 0.222. The predicted molar refractivity (Wildman–Crippen MR) is 92.2 cm³/mol. The summed E-state index contributed by atoms with van der Waals surface area (Å²) in [5, 5.41) is 2.81. The normalized spacial score (nSPS) is 19.9. The molecular formula is C18H20N4O2. The SMILES string of the molecule is Cc1ccc(C2CC(C(=O)Nc3cccc(C(N)=O)c3)NN2)cc1. The van der Waals surface area contributed by atoms with E-state index in [0.29, 0.717) is 17.7 Å². The first-order valence-electron chi connectivity index (χ1n) is 7.81. The lowest BCUT2D eigenvalue weighted by atomic mass is 10.0. The van der Waals surface area contributed by atoms with Crippen LogP contribution in [0.5, 0.6) is 0 Å².